The second kappa shape index (κ2) is 8.00. The van der Waals surface area contributed by atoms with Crippen molar-refractivity contribution in [1.82, 2.24) is 0 Å². The summed E-state index contributed by atoms with van der Waals surface area (Å²) in [6, 6.07) is 26.3. The lowest BCUT2D eigenvalue weighted by Gasteiger charge is -2.17. The van der Waals surface area contributed by atoms with Crippen LogP contribution in [0.2, 0.25) is 0 Å². The maximum Gasteiger partial charge on any atom is 0.265 e. The summed E-state index contributed by atoms with van der Waals surface area (Å²) in [5, 5.41) is 11.7. The molecule has 0 saturated carbocycles. The molecule has 3 aromatic carbocycles. The van der Waals surface area contributed by atoms with Crippen LogP contribution in [-0.4, -0.2) is 12.0 Å². The summed E-state index contributed by atoms with van der Waals surface area (Å²) in [6.07, 6.45) is -0.689. The Morgan fingerprint density at radius 2 is 1.73 bits per heavy atom. The van der Waals surface area contributed by atoms with Crippen molar-refractivity contribution in [2.45, 2.75) is 13.0 Å². The number of amides is 1. The third kappa shape index (κ3) is 4.08. The summed E-state index contributed by atoms with van der Waals surface area (Å²) in [4.78, 5) is 12.4. The predicted octanol–water partition coefficient (Wildman–Crippen LogP) is 4.63. The van der Waals surface area contributed by atoms with E-state index in [1.54, 1.807) is 31.2 Å². The molecule has 0 saturated heterocycles. The smallest absolute Gasteiger partial charge is 0.265 e. The summed E-state index contributed by atoms with van der Waals surface area (Å²) >= 11 is 0. The summed E-state index contributed by atoms with van der Waals surface area (Å²) < 4.78 is 5.91. The van der Waals surface area contributed by atoms with E-state index in [2.05, 4.69) is 11.4 Å². The summed E-state index contributed by atoms with van der Waals surface area (Å²) in [5.41, 5.74) is 3.02. The quantitative estimate of drug-likeness (QED) is 0.735. The molecule has 4 heteroatoms. The van der Waals surface area contributed by atoms with Gasteiger partial charge in [-0.15, -0.1) is 0 Å². The fraction of sp³-hybridized carbons (Fsp3) is 0.0909. The summed E-state index contributed by atoms with van der Waals surface area (Å²) in [7, 11) is 0. The van der Waals surface area contributed by atoms with Gasteiger partial charge in [0, 0.05) is 11.3 Å². The normalized spacial score (nSPS) is 11.2. The lowest BCUT2D eigenvalue weighted by molar-refractivity contribution is -0.122. The van der Waals surface area contributed by atoms with Crippen molar-refractivity contribution in [2.75, 3.05) is 5.32 Å². The van der Waals surface area contributed by atoms with Gasteiger partial charge in [-0.05, 0) is 36.8 Å². The molecule has 0 unspecified atom stereocenters. The maximum absolute atomic E-state index is 12.4. The Kier molecular flexibility index (Phi) is 5.31. The number of nitrogens with one attached hydrogen (secondary N) is 1. The van der Waals surface area contributed by atoms with Crippen LogP contribution in [0.4, 0.5) is 5.69 Å². The number of rotatable bonds is 5. The molecule has 128 valence electrons. The van der Waals surface area contributed by atoms with E-state index in [0.29, 0.717) is 17.0 Å². The van der Waals surface area contributed by atoms with E-state index in [4.69, 9.17) is 10.00 Å². The summed E-state index contributed by atoms with van der Waals surface area (Å²) in [6.45, 7) is 1.70. The maximum atomic E-state index is 12.4. The number of benzene rings is 3. The van der Waals surface area contributed by atoms with Gasteiger partial charge >= 0.3 is 0 Å². The second-order valence-corrected chi connectivity index (χ2v) is 5.80. The van der Waals surface area contributed by atoms with Crippen LogP contribution in [0.1, 0.15) is 12.5 Å². The number of ether oxygens (including phenoxy) is 1. The van der Waals surface area contributed by atoms with Gasteiger partial charge in [0.1, 0.15) is 5.75 Å². The molecular weight excluding hydrogens is 324 g/mol. The molecule has 0 radical (unpaired) electrons. The second-order valence-electron chi connectivity index (χ2n) is 5.80. The topological polar surface area (TPSA) is 62.1 Å². The van der Waals surface area contributed by atoms with Crippen LogP contribution in [0, 0.1) is 11.3 Å². The molecule has 1 amide bonds. The van der Waals surface area contributed by atoms with Gasteiger partial charge in [-0.3, -0.25) is 4.79 Å². The SMILES string of the molecule is C[C@H](Oc1ccccc1-c1ccccc1)C(=O)Nc1cccc(C#N)c1. The van der Waals surface area contributed by atoms with Crippen LogP contribution in [0.15, 0.2) is 78.9 Å². The highest BCUT2D eigenvalue weighted by Crippen LogP contribution is 2.30. The highest BCUT2D eigenvalue weighted by atomic mass is 16.5. The molecule has 0 aromatic heterocycles. The van der Waals surface area contributed by atoms with Crippen LogP contribution in [-0.2, 0) is 4.79 Å². The molecule has 0 bridgehead atoms. The molecule has 0 spiro atoms. The number of nitriles is 1. The average molecular weight is 342 g/mol. The fourth-order valence-electron chi connectivity index (χ4n) is 2.58. The Morgan fingerprint density at radius 3 is 2.50 bits per heavy atom. The van der Waals surface area contributed by atoms with E-state index < -0.39 is 6.10 Å². The van der Waals surface area contributed by atoms with Crippen molar-refractivity contribution in [1.29, 1.82) is 5.26 Å². The Balaban J connectivity index is 1.75. The van der Waals surface area contributed by atoms with Crippen molar-refractivity contribution in [3.8, 4) is 22.9 Å². The fourth-order valence-corrected chi connectivity index (χ4v) is 2.58. The van der Waals surface area contributed by atoms with Crippen LogP contribution in [0.25, 0.3) is 11.1 Å². The number of hydrogen-bond donors (Lipinski definition) is 1. The van der Waals surface area contributed by atoms with Crippen LogP contribution >= 0.6 is 0 Å². The van der Waals surface area contributed by atoms with Gasteiger partial charge in [-0.25, -0.2) is 0 Å². The van der Waals surface area contributed by atoms with Gasteiger partial charge in [0.25, 0.3) is 5.91 Å². The molecule has 1 atom stereocenters. The molecule has 26 heavy (non-hydrogen) atoms. The summed E-state index contributed by atoms with van der Waals surface area (Å²) in [5.74, 6) is 0.370. The highest BCUT2D eigenvalue weighted by molar-refractivity contribution is 5.94. The third-order valence-electron chi connectivity index (χ3n) is 3.90. The van der Waals surface area contributed by atoms with Crippen molar-refractivity contribution in [2.24, 2.45) is 0 Å². The van der Waals surface area contributed by atoms with E-state index in [9.17, 15) is 4.79 Å². The first-order chi connectivity index (χ1) is 12.7. The van der Waals surface area contributed by atoms with E-state index in [0.717, 1.165) is 11.1 Å². The van der Waals surface area contributed by atoms with Crippen molar-refractivity contribution in [3.63, 3.8) is 0 Å². The van der Waals surface area contributed by atoms with E-state index >= 15 is 0 Å². The first kappa shape index (κ1) is 17.2. The number of anilines is 1. The van der Waals surface area contributed by atoms with Gasteiger partial charge in [-0.2, -0.15) is 5.26 Å². The minimum absolute atomic E-state index is 0.275. The number of nitrogens with zero attached hydrogens (tertiary/aromatic N) is 1. The number of carbonyl (C=O) groups excluding carboxylic acids is 1. The molecule has 1 N–H and O–H groups in total. The lowest BCUT2D eigenvalue weighted by atomic mass is 10.0. The zero-order valence-electron chi connectivity index (χ0n) is 14.3. The first-order valence-electron chi connectivity index (χ1n) is 8.29. The highest BCUT2D eigenvalue weighted by Gasteiger charge is 2.17. The van der Waals surface area contributed by atoms with Gasteiger partial charge in [0.15, 0.2) is 6.10 Å². The minimum Gasteiger partial charge on any atom is -0.480 e. The molecule has 0 heterocycles. The van der Waals surface area contributed by atoms with Crippen molar-refractivity contribution < 1.29 is 9.53 Å². The molecule has 0 fully saturated rings. The van der Waals surface area contributed by atoms with Crippen LogP contribution in [0.5, 0.6) is 5.75 Å². The molecule has 4 nitrogen and oxygen atoms in total. The predicted molar refractivity (Wildman–Crippen MR) is 102 cm³/mol. The van der Waals surface area contributed by atoms with Crippen LogP contribution < -0.4 is 10.1 Å². The molecule has 0 aliphatic rings. The molecule has 3 aromatic rings. The monoisotopic (exact) mass is 342 g/mol. The first-order valence-corrected chi connectivity index (χ1v) is 8.29. The average Bonchev–Trinajstić information content (AvgIpc) is 2.69. The zero-order valence-corrected chi connectivity index (χ0v) is 14.3. The molecule has 3 rings (SSSR count). The van der Waals surface area contributed by atoms with E-state index in [1.165, 1.54) is 0 Å². The van der Waals surface area contributed by atoms with E-state index in [1.807, 2.05) is 54.6 Å². The number of hydrogen-bond acceptors (Lipinski definition) is 3. The lowest BCUT2D eigenvalue weighted by Crippen LogP contribution is -2.30. The van der Waals surface area contributed by atoms with Crippen molar-refractivity contribution in [3.05, 3.63) is 84.4 Å². The van der Waals surface area contributed by atoms with Gasteiger partial charge in [0.2, 0.25) is 0 Å². The van der Waals surface area contributed by atoms with Crippen molar-refractivity contribution >= 4 is 11.6 Å². The van der Waals surface area contributed by atoms with E-state index in [-0.39, 0.29) is 5.91 Å². The molecular formula is C22H18N2O2. The van der Waals surface area contributed by atoms with Gasteiger partial charge in [-0.1, -0.05) is 54.6 Å². The Morgan fingerprint density at radius 1 is 1.00 bits per heavy atom. The zero-order chi connectivity index (χ0) is 18.4. The third-order valence-corrected chi connectivity index (χ3v) is 3.90. The largest absolute Gasteiger partial charge is 0.480 e. The van der Waals surface area contributed by atoms with Gasteiger partial charge in [0.05, 0.1) is 11.6 Å². The molecule has 0 aliphatic heterocycles. The molecule has 0 aliphatic carbocycles. The number of para-hydroxylation sites is 1. The standard InChI is InChI=1S/C22H18N2O2/c1-16(22(25)24-19-11-7-8-17(14-19)15-23)26-21-13-6-5-12-20(21)18-9-3-2-4-10-18/h2-14,16H,1H3,(H,24,25)/t16-/m0/s1. The Hall–Kier alpha value is -3.58. The van der Waals surface area contributed by atoms with Gasteiger partial charge < -0.3 is 10.1 Å². The van der Waals surface area contributed by atoms with Crippen LogP contribution in [0.3, 0.4) is 0 Å². The Labute approximate surface area is 152 Å². The minimum atomic E-state index is -0.689. The Bertz CT molecular complexity index is 946. The number of carbonyl (C=O) groups is 1.